The smallest absolute Gasteiger partial charge is 0.244 e. The van der Waals surface area contributed by atoms with Gasteiger partial charge in [0, 0.05) is 39.3 Å². The molecule has 0 aliphatic rings. The topological polar surface area (TPSA) is 55.6 Å². The molecule has 4 rings (SSSR count). The van der Waals surface area contributed by atoms with Gasteiger partial charge in [-0.25, -0.2) is 5.43 Å². The van der Waals surface area contributed by atoms with Crippen molar-refractivity contribution >= 4 is 46.2 Å². The lowest BCUT2D eigenvalue weighted by Gasteiger charge is -2.08. The van der Waals surface area contributed by atoms with Gasteiger partial charge in [-0.2, -0.15) is 5.10 Å². The van der Waals surface area contributed by atoms with Gasteiger partial charge in [-0.1, -0.05) is 59.6 Å². The summed E-state index contributed by atoms with van der Waals surface area (Å²) in [5, 5.41) is 6.43. The molecule has 0 saturated heterocycles. The Morgan fingerprint density at radius 3 is 2.62 bits per heavy atom. The van der Waals surface area contributed by atoms with Crippen LogP contribution in [-0.4, -0.2) is 23.8 Å². The zero-order valence-electron chi connectivity index (χ0n) is 17.4. The van der Waals surface area contributed by atoms with Crippen molar-refractivity contribution in [2.45, 2.75) is 13.0 Å². The van der Waals surface area contributed by atoms with Crippen LogP contribution in [0.4, 0.5) is 0 Å². The lowest BCUT2D eigenvalue weighted by molar-refractivity contribution is -0.120. The second-order valence-corrected chi connectivity index (χ2v) is 8.13. The number of hydrazone groups is 1. The fraction of sp³-hybridized carbons (Fsp3) is 0.120. The molecule has 0 aliphatic carbocycles. The Labute approximate surface area is 196 Å². The minimum Gasteiger partial charge on any atom is -0.497 e. The first-order chi connectivity index (χ1) is 15.5. The molecule has 32 heavy (non-hydrogen) atoms. The summed E-state index contributed by atoms with van der Waals surface area (Å²) < 4.78 is 7.24. The predicted molar refractivity (Wildman–Crippen MR) is 130 cm³/mol. The van der Waals surface area contributed by atoms with Crippen molar-refractivity contribution in [3.63, 3.8) is 0 Å². The van der Waals surface area contributed by atoms with Crippen LogP contribution in [0.3, 0.4) is 0 Å². The first-order valence-electron chi connectivity index (χ1n) is 10.00. The third-order valence-electron chi connectivity index (χ3n) is 5.09. The number of methoxy groups -OCH3 is 1. The fourth-order valence-corrected chi connectivity index (χ4v) is 3.95. The van der Waals surface area contributed by atoms with Crippen molar-refractivity contribution < 1.29 is 9.53 Å². The number of ether oxygens (including phenoxy) is 1. The summed E-state index contributed by atoms with van der Waals surface area (Å²) in [5.41, 5.74) is 6.40. The number of para-hydroxylation sites is 1. The van der Waals surface area contributed by atoms with Crippen molar-refractivity contribution in [3.05, 3.63) is 99.7 Å². The zero-order chi connectivity index (χ0) is 22.5. The Kier molecular flexibility index (Phi) is 6.78. The Hall–Kier alpha value is -3.28. The molecule has 0 bridgehead atoms. The fourth-order valence-electron chi connectivity index (χ4n) is 3.48. The van der Waals surface area contributed by atoms with Gasteiger partial charge < -0.3 is 9.30 Å². The molecule has 0 fully saturated rings. The summed E-state index contributed by atoms with van der Waals surface area (Å²) in [6, 6.07) is 20.9. The number of benzene rings is 3. The zero-order valence-corrected chi connectivity index (χ0v) is 18.9. The van der Waals surface area contributed by atoms with Crippen LogP contribution in [0.5, 0.6) is 5.75 Å². The highest BCUT2D eigenvalue weighted by molar-refractivity contribution is 6.35. The molecule has 0 spiro atoms. The van der Waals surface area contributed by atoms with Gasteiger partial charge in [0.1, 0.15) is 5.75 Å². The van der Waals surface area contributed by atoms with E-state index < -0.39 is 0 Å². The molecule has 0 unspecified atom stereocenters. The van der Waals surface area contributed by atoms with Gasteiger partial charge in [0.15, 0.2) is 0 Å². The molecule has 0 saturated carbocycles. The first-order valence-corrected chi connectivity index (χ1v) is 10.8. The first kappa shape index (κ1) is 21.9. The van der Waals surface area contributed by atoms with E-state index in [1.807, 2.05) is 66.9 Å². The maximum atomic E-state index is 12.2. The highest BCUT2D eigenvalue weighted by Gasteiger charge is 2.10. The normalized spacial score (nSPS) is 11.2. The molecule has 7 heteroatoms. The monoisotopic (exact) mass is 465 g/mol. The predicted octanol–water partition coefficient (Wildman–Crippen LogP) is 5.70. The summed E-state index contributed by atoms with van der Waals surface area (Å²) >= 11 is 12.4. The summed E-state index contributed by atoms with van der Waals surface area (Å²) in [7, 11) is 1.61. The quantitative estimate of drug-likeness (QED) is 0.281. The van der Waals surface area contributed by atoms with Crippen LogP contribution in [0.2, 0.25) is 10.0 Å². The highest BCUT2D eigenvalue weighted by Crippen LogP contribution is 2.25. The molecule has 0 radical (unpaired) electrons. The minimum absolute atomic E-state index is 0.192. The van der Waals surface area contributed by atoms with Gasteiger partial charge in [0.2, 0.25) is 5.91 Å². The summed E-state index contributed by atoms with van der Waals surface area (Å²) in [4.78, 5) is 12.2. The number of halogens is 2. The lowest BCUT2D eigenvalue weighted by atomic mass is 10.1. The molecule has 5 nitrogen and oxygen atoms in total. The summed E-state index contributed by atoms with van der Waals surface area (Å²) in [5.74, 6) is 0.562. The molecule has 0 aliphatic heterocycles. The van der Waals surface area contributed by atoms with Gasteiger partial charge in [-0.15, -0.1) is 0 Å². The Morgan fingerprint density at radius 1 is 1.09 bits per heavy atom. The van der Waals surface area contributed by atoms with E-state index in [1.165, 1.54) is 0 Å². The number of hydrogen-bond acceptors (Lipinski definition) is 3. The number of rotatable bonds is 7. The Balaban J connectivity index is 1.49. The highest BCUT2D eigenvalue weighted by atomic mass is 35.5. The number of nitrogens with zero attached hydrogens (tertiary/aromatic N) is 2. The van der Waals surface area contributed by atoms with Crippen LogP contribution >= 0.6 is 23.2 Å². The van der Waals surface area contributed by atoms with Crippen molar-refractivity contribution in [1.82, 2.24) is 9.99 Å². The van der Waals surface area contributed by atoms with E-state index >= 15 is 0 Å². The van der Waals surface area contributed by atoms with Gasteiger partial charge >= 0.3 is 0 Å². The Morgan fingerprint density at radius 2 is 1.88 bits per heavy atom. The van der Waals surface area contributed by atoms with E-state index in [2.05, 4.69) is 15.1 Å². The van der Waals surface area contributed by atoms with Crippen molar-refractivity contribution in [2.75, 3.05) is 7.11 Å². The van der Waals surface area contributed by atoms with Gasteiger partial charge in [0.05, 0.1) is 19.7 Å². The van der Waals surface area contributed by atoms with Crippen molar-refractivity contribution in [2.24, 2.45) is 5.10 Å². The van der Waals surface area contributed by atoms with Crippen LogP contribution in [0, 0.1) is 0 Å². The summed E-state index contributed by atoms with van der Waals surface area (Å²) in [6.07, 6.45) is 3.89. The van der Waals surface area contributed by atoms with Crippen LogP contribution in [0.25, 0.3) is 10.9 Å². The van der Waals surface area contributed by atoms with Crippen LogP contribution in [-0.2, 0) is 17.8 Å². The number of carbonyl (C=O) groups excluding carboxylic acids is 1. The maximum Gasteiger partial charge on any atom is 0.244 e. The van der Waals surface area contributed by atoms with E-state index in [9.17, 15) is 4.79 Å². The van der Waals surface area contributed by atoms with E-state index in [0.29, 0.717) is 16.6 Å². The van der Waals surface area contributed by atoms with E-state index in [1.54, 1.807) is 19.4 Å². The largest absolute Gasteiger partial charge is 0.497 e. The number of hydrogen-bond donors (Lipinski definition) is 1. The molecule has 0 atom stereocenters. The summed E-state index contributed by atoms with van der Waals surface area (Å²) in [6.45, 7) is 0.591. The SMILES string of the molecule is COc1ccc(CC(=O)N/N=C\c2cn(Cc3ccc(Cl)cc3Cl)c3ccccc23)cc1. The minimum atomic E-state index is -0.192. The van der Waals surface area contributed by atoms with Gasteiger partial charge in [-0.3, -0.25) is 4.79 Å². The Bertz CT molecular complexity index is 1280. The van der Waals surface area contributed by atoms with Crippen LogP contribution in [0.1, 0.15) is 16.7 Å². The van der Waals surface area contributed by atoms with E-state index in [-0.39, 0.29) is 12.3 Å². The third-order valence-corrected chi connectivity index (χ3v) is 5.68. The van der Waals surface area contributed by atoms with Crippen LogP contribution < -0.4 is 10.2 Å². The van der Waals surface area contributed by atoms with Gasteiger partial charge in [0.25, 0.3) is 0 Å². The van der Waals surface area contributed by atoms with E-state index in [4.69, 9.17) is 27.9 Å². The average molecular weight is 466 g/mol. The van der Waals surface area contributed by atoms with Crippen molar-refractivity contribution in [1.29, 1.82) is 0 Å². The molecular weight excluding hydrogens is 445 g/mol. The molecule has 1 N–H and O–H groups in total. The number of carbonyl (C=O) groups is 1. The second-order valence-electron chi connectivity index (χ2n) is 7.28. The third kappa shape index (κ3) is 5.13. The molecule has 1 aromatic heterocycles. The number of nitrogens with one attached hydrogen (secondary N) is 1. The van der Waals surface area contributed by atoms with E-state index in [0.717, 1.165) is 33.3 Å². The standard InChI is InChI=1S/C25H21Cl2N3O2/c1-32-21-10-6-17(7-11-21)12-25(31)29-28-14-19-16-30(24-5-3-2-4-22(19)24)15-18-8-9-20(26)13-23(18)27/h2-11,13-14,16H,12,15H2,1H3,(H,29,31)/b28-14-. The molecular formula is C25H21Cl2N3O2. The molecule has 4 aromatic rings. The van der Waals surface area contributed by atoms with Crippen LogP contribution in [0.15, 0.2) is 78.0 Å². The molecule has 1 heterocycles. The number of aromatic nitrogens is 1. The number of amides is 1. The van der Waals surface area contributed by atoms with Gasteiger partial charge in [-0.05, 0) is 41.5 Å². The molecule has 162 valence electrons. The molecule has 1 amide bonds. The lowest BCUT2D eigenvalue weighted by Crippen LogP contribution is -2.19. The number of fused-ring (bicyclic) bond motifs is 1. The average Bonchev–Trinajstić information content (AvgIpc) is 3.14. The maximum absolute atomic E-state index is 12.2. The molecule has 3 aromatic carbocycles. The second kappa shape index (κ2) is 9.90. The van der Waals surface area contributed by atoms with Crippen molar-refractivity contribution in [3.8, 4) is 5.75 Å².